The molecule has 2 heterocycles. The summed E-state index contributed by atoms with van der Waals surface area (Å²) < 4.78 is 0. The van der Waals surface area contributed by atoms with Gasteiger partial charge in [-0.05, 0) is 61.1 Å². The van der Waals surface area contributed by atoms with Crippen LogP contribution in [0.25, 0.3) is 5.57 Å². The van der Waals surface area contributed by atoms with Gasteiger partial charge in [0.2, 0.25) is 5.91 Å². The Balaban J connectivity index is 1.78. The van der Waals surface area contributed by atoms with Crippen LogP contribution in [0.1, 0.15) is 30.9 Å². The lowest BCUT2D eigenvalue weighted by Crippen LogP contribution is -2.40. The average molecular weight is 434 g/mol. The number of rotatable bonds is 5. The van der Waals surface area contributed by atoms with Crippen molar-refractivity contribution in [3.05, 3.63) is 65.4 Å². The van der Waals surface area contributed by atoms with Crippen LogP contribution in [0.4, 0.5) is 11.4 Å². The van der Waals surface area contributed by atoms with Gasteiger partial charge in [0, 0.05) is 32.3 Å². The van der Waals surface area contributed by atoms with Crippen molar-refractivity contribution in [3.8, 4) is 0 Å². The lowest BCUT2D eigenvalue weighted by Gasteiger charge is -2.34. The van der Waals surface area contributed by atoms with Crippen LogP contribution in [-0.2, 0) is 14.4 Å². The first-order valence-electron chi connectivity index (χ1n) is 10.8. The van der Waals surface area contributed by atoms with E-state index in [0.717, 1.165) is 18.4 Å². The van der Waals surface area contributed by atoms with Crippen LogP contribution >= 0.6 is 0 Å². The lowest BCUT2D eigenvalue weighted by molar-refractivity contribution is -0.121. The number of piperidine rings is 1. The Labute approximate surface area is 187 Å². The highest BCUT2D eigenvalue weighted by atomic mass is 16.3. The number of amides is 3. The van der Waals surface area contributed by atoms with Crippen molar-refractivity contribution in [3.63, 3.8) is 0 Å². The number of aliphatic hydroxyl groups excluding tert-OH is 1. The van der Waals surface area contributed by atoms with Gasteiger partial charge in [-0.25, -0.2) is 4.90 Å². The summed E-state index contributed by atoms with van der Waals surface area (Å²) in [4.78, 5) is 41.7. The number of imide groups is 1. The molecule has 0 aliphatic carbocycles. The number of carbonyl (C=O) groups excluding carboxylic acids is 3. The minimum Gasteiger partial charge on any atom is -0.396 e. The Morgan fingerprint density at radius 3 is 2.53 bits per heavy atom. The molecule has 0 aromatic heterocycles. The van der Waals surface area contributed by atoms with E-state index in [0.29, 0.717) is 41.3 Å². The van der Waals surface area contributed by atoms with Gasteiger partial charge < -0.3 is 15.3 Å². The van der Waals surface area contributed by atoms with Crippen molar-refractivity contribution in [1.82, 2.24) is 4.90 Å². The number of anilines is 2. The molecule has 7 nitrogen and oxygen atoms in total. The van der Waals surface area contributed by atoms with Crippen molar-refractivity contribution >= 4 is 34.7 Å². The Morgan fingerprint density at radius 1 is 1.12 bits per heavy atom. The Hall–Kier alpha value is -3.45. The van der Waals surface area contributed by atoms with Crippen LogP contribution in [0.2, 0.25) is 0 Å². The highest BCUT2D eigenvalue weighted by Gasteiger charge is 2.43. The predicted octanol–water partition coefficient (Wildman–Crippen LogP) is 2.94. The van der Waals surface area contributed by atoms with Crippen LogP contribution in [0, 0.1) is 12.8 Å². The van der Waals surface area contributed by atoms with Crippen LogP contribution in [-0.4, -0.2) is 47.4 Å². The monoisotopic (exact) mass is 433 g/mol. The number of nitrogens with one attached hydrogen (secondary N) is 1. The van der Waals surface area contributed by atoms with Gasteiger partial charge in [-0.1, -0.05) is 24.3 Å². The molecule has 1 atom stereocenters. The highest BCUT2D eigenvalue weighted by Crippen LogP contribution is 2.37. The number of nitrogens with zero attached hydrogens (tertiary/aromatic N) is 2. The minimum atomic E-state index is -0.367. The Kier molecular flexibility index (Phi) is 6.10. The average Bonchev–Trinajstić information content (AvgIpc) is 3.04. The zero-order valence-corrected chi connectivity index (χ0v) is 18.3. The molecule has 0 bridgehead atoms. The fourth-order valence-corrected chi connectivity index (χ4v) is 4.41. The van der Waals surface area contributed by atoms with Crippen LogP contribution < -0.4 is 10.2 Å². The quantitative estimate of drug-likeness (QED) is 0.708. The molecule has 1 fully saturated rings. The standard InChI is InChI=1S/C25H27N3O4/c1-16-5-3-7-21(13-16)28-24(31)22(19-8-10-20(11-9-19)26-17(2)30)23(25(28)32)27-12-4-6-18(14-27)15-29/h3,5,7-11,13,18,29H,4,6,12,14-15H2,1-2H3,(H,26,30). The molecule has 2 aromatic rings. The molecule has 32 heavy (non-hydrogen) atoms. The van der Waals surface area contributed by atoms with Gasteiger partial charge in [0.1, 0.15) is 5.70 Å². The Morgan fingerprint density at radius 2 is 1.88 bits per heavy atom. The van der Waals surface area contributed by atoms with Crippen molar-refractivity contribution in [2.24, 2.45) is 5.92 Å². The van der Waals surface area contributed by atoms with Crippen LogP contribution in [0.15, 0.2) is 54.2 Å². The summed E-state index contributed by atoms with van der Waals surface area (Å²) in [7, 11) is 0. The molecule has 0 spiro atoms. The number of aliphatic hydroxyl groups is 1. The normalized spacial score (nSPS) is 19.0. The second kappa shape index (κ2) is 8.96. The van der Waals surface area contributed by atoms with E-state index < -0.39 is 0 Å². The maximum absolute atomic E-state index is 13.6. The summed E-state index contributed by atoms with van der Waals surface area (Å²) >= 11 is 0. The largest absolute Gasteiger partial charge is 0.396 e. The zero-order chi connectivity index (χ0) is 22.8. The fraction of sp³-hybridized carbons (Fsp3) is 0.320. The van der Waals surface area contributed by atoms with Crippen molar-refractivity contribution in [1.29, 1.82) is 0 Å². The van der Waals surface area contributed by atoms with Gasteiger partial charge in [-0.2, -0.15) is 0 Å². The SMILES string of the molecule is CC(=O)Nc1ccc(C2=C(N3CCCC(CO)C3)C(=O)N(c3cccc(C)c3)C2=O)cc1. The third-order valence-corrected chi connectivity index (χ3v) is 5.91. The van der Waals surface area contributed by atoms with Gasteiger partial charge in [-0.3, -0.25) is 14.4 Å². The fourth-order valence-electron chi connectivity index (χ4n) is 4.41. The number of benzene rings is 2. The van der Waals surface area contributed by atoms with E-state index in [9.17, 15) is 19.5 Å². The van der Waals surface area contributed by atoms with Crippen molar-refractivity contribution in [2.45, 2.75) is 26.7 Å². The third kappa shape index (κ3) is 4.16. The zero-order valence-electron chi connectivity index (χ0n) is 18.3. The maximum Gasteiger partial charge on any atom is 0.282 e. The van der Waals surface area contributed by atoms with E-state index >= 15 is 0 Å². The molecule has 2 aromatic carbocycles. The molecule has 1 saturated heterocycles. The smallest absolute Gasteiger partial charge is 0.282 e. The summed E-state index contributed by atoms with van der Waals surface area (Å²) in [5.74, 6) is -0.830. The number of carbonyl (C=O) groups is 3. The molecular weight excluding hydrogens is 406 g/mol. The molecule has 1 unspecified atom stereocenters. The molecule has 0 radical (unpaired) electrons. The van der Waals surface area contributed by atoms with E-state index in [1.165, 1.54) is 11.8 Å². The molecule has 2 N–H and O–H groups in total. The summed E-state index contributed by atoms with van der Waals surface area (Å²) in [6.07, 6.45) is 1.74. The van der Waals surface area contributed by atoms with E-state index in [4.69, 9.17) is 0 Å². The van der Waals surface area contributed by atoms with Gasteiger partial charge >= 0.3 is 0 Å². The van der Waals surface area contributed by atoms with E-state index in [1.54, 1.807) is 30.3 Å². The summed E-state index contributed by atoms with van der Waals surface area (Å²) in [6, 6.07) is 14.3. The third-order valence-electron chi connectivity index (χ3n) is 5.91. The molecule has 2 aliphatic heterocycles. The molecule has 166 valence electrons. The number of aryl methyl sites for hydroxylation is 1. The summed E-state index contributed by atoms with van der Waals surface area (Å²) in [5.41, 5.74) is 3.46. The minimum absolute atomic E-state index is 0.0499. The second-order valence-electron chi connectivity index (χ2n) is 8.40. The molecular formula is C25H27N3O4. The van der Waals surface area contributed by atoms with E-state index in [1.807, 2.05) is 30.0 Å². The number of likely N-dealkylation sites (tertiary alicyclic amines) is 1. The van der Waals surface area contributed by atoms with Crippen molar-refractivity contribution in [2.75, 3.05) is 29.9 Å². The topological polar surface area (TPSA) is 90.0 Å². The van der Waals surface area contributed by atoms with Crippen molar-refractivity contribution < 1.29 is 19.5 Å². The van der Waals surface area contributed by atoms with E-state index in [-0.39, 0.29) is 30.2 Å². The molecule has 7 heteroatoms. The first-order valence-corrected chi connectivity index (χ1v) is 10.8. The molecule has 4 rings (SSSR count). The lowest BCUT2D eigenvalue weighted by atomic mass is 9.97. The number of hydrogen-bond acceptors (Lipinski definition) is 5. The highest BCUT2D eigenvalue weighted by molar-refractivity contribution is 6.45. The maximum atomic E-state index is 13.6. The molecule has 0 saturated carbocycles. The van der Waals surface area contributed by atoms with Gasteiger partial charge in [0.15, 0.2) is 0 Å². The Bertz CT molecular complexity index is 1090. The van der Waals surface area contributed by atoms with Gasteiger partial charge in [0.05, 0.1) is 11.3 Å². The van der Waals surface area contributed by atoms with Gasteiger partial charge in [0.25, 0.3) is 11.8 Å². The summed E-state index contributed by atoms with van der Waals surface area (Å²) in [5, 5.41) is 12.4. The van der Waals surface area contributed by atoms with Gasteiger partial charge in [-0.15, -0.1) is 0 Å². The van der Waals surface area contributed by atoms with Crippen LogP contribution in [0.3, 0.4) is 0 Å². The summed E-state index contributed by atoms with van der Waals surface area (Å²) in [6.45, 7) is 4.58. The van der Waals surface area contributed by atoms with E-state index in [2.05, 4.69) is 5.32 Å². The second-order valence-corrected chi connectivity index (χ2v) is 8.40. The number of hydrogen-bond donors (Lipinski definition) is 2. The molecule has 2 aliphatic rings. The first kappa shape index (κ1) is 21.8. The predicted molar refractivity (Wildman–Crippen MR) is 123 cm³/mol. The molecule has 3 amide bonds. The van der Waals surface area contributed by atoms with Crippen LogP contribution in [0.5, 0.6) is 0 Å². The first-order chi connectivity index (χ1) is 15.4.